The molecule has 0 saturated heterocycles. The number of nitrogens with zero attached hydrogens (tertiary/aromatic N) is 2. The van der Waals surface area contributed by atoms with Crippen molar-refractivity contribution in [2.75, 3.05) is 46.9 Å². The van der Waals surface area contributed by atoms with Crippen LogP contribution in [0.1, 0.15) is 18.1 Å². The summed E-state index contributed by atoms with van der Waals surface area (Å²) >= 11 is 0. The Kier molecular flexibility index (Phi) is 9.26. The molecular weight excluding hydrogens is 345 g/mol. The summed E-state index contributed by atoms with van der Waals surface area (Å²) in [5.74, 6) is 1.46. The minimum atomic E-state index is -4.18. The first-order valence-corrected chi connectivity index (χ1v) is 8.66. The molecule has 0 bridgehead atoms. The largest absolute Gasteiger partial charge is 0.496 e. The summed E-state index contributed by atoms with van der Waals surface area (Å²) in [5.41, 5.74) is 2.22. The molecule has 148 valence electrons. The highest BCUT2D eigenvalue weighted by atomic mass is 19.4. The van der Waals surface area contributed by atoms with E-state index in [0.29, 0.717) is 25.6 Å². The Bertz CT molecular complexity index is 576. The van der Waals surface area contributed by atoms with Crippen molar-refractivity contribution in [1.29, 1.82) is 0 Å². The Labute approximate surface area is 153 Å². The van der Waals surface area contributed by atoms with Gasteiger partial charge in [-0.15, -0.1) is 0 Å². The van der Waals surface area contributed by atoms with Crippen molar-refractivity contribution in [3.63, 3.8) is 0 Å². The van der Waals surface area contributed by atoms with E-state index in [1.54, 1.807) is 7.11 Å². The van der Waals surface area contributed by atoms with E-state index in [0.717, 1.165) is 23.3 Å². The van der Waals surface area contributed by atoms with E-state index in [4.69, 9.17) is 4.74 Å². The molecule has 5 nitrogen and oxygen atoms in total. The van der Waals surface area contributed by atoms with Crippen LogP contribution in [0.15, 0.2) is 23.2 Å². The van der Waals surface area contributed by atoms with Crippen molar-refractivity contribution in [3.05, 3.63) is 29.3 Å². The lowest BCUT2D eigenvalue weighted by molar-refractivity contribution is -0.142. The fraction of sp³-hybridized carbons (Fsp3) is 0.611. The summed E-state index contributed by atoms with van der Waals surface area (Å²) in [5, 5.41) is 6.30. The molecule has 0 radical (unpaired) electrons. The van der Waals surface area contributed by atoms with Crippen molar-refractivity contribution in [1.82, 2.24) is 15.5 Å². The molecule has 8 heteroatoms. The molecule has 2 N–H and O–H groups in total. The first-order valence-electron chi connectivity index (χ1n) is 8.66. The number of benzene rings is 1. The number of nitrogens with one attached hydrogen (secondary N) is 2. The van der Waals surface area contributed by atoms with Gasteiger partial charge in [-0.3, -0.25) is 9.89 Å². The predicted octanol–water partition coefficient (Wildman–Crippen LogP) is 2.60. The fourth-order valence-electron chi connectivity index (χ4n) is 2.40. The average Bonchev–Trinajstić information content (AvgIpc) is 2.54. The number of guanidine groups is 1. The van der Waals surface area contributed by atoms with Crippen LogP contribution >= 0.6 is 0 Å². The predicted molar refractivity (Wildman–Crippen MR) is 99.0 cm³/mol. The highest BCUT2D eigenvalue weighted by molar-refractivity contribution is 5.79. The van der Waals surface area contributed by atoms with E-state index >= 15 is 0 Å². The van der Waals surface area contributed by atoms with Crippen LogP contribution in [0.5, 0.6) is 5.75 Å². The Morgan fingerprint density at radius 1 is 1.27 bits per heavy atom. The number of methoxy groups -OCH3 is 1. The fourth-order valence-corrected chi connectivity index (χ4v) is 2.40. The number of ether oxygens (including phenoxy) is 1. The normalized spacial score (nSPS) is 12.4. The van der Waals surface area contributed by atoms with E-state index in [1.807, 2.05) is 26.0 Å². The van der Waals surface area contributed by atoms with Gasteiger partial charge in [0.15, 0.2) is 5.96 Å². The lowest BCUT2D eigenvalue weighted by Crippen LogP contribution is -2.39. The number of hydrogen-bond acceptors (Lipinski definition) is 3. The van der Waals surface area contributed by atoms with Crippen LogP contribution in [0.3, 0.4) is 0 Å². The number of aryl methyl sites for hydroxylation is 1. The van der Waals surface area contributed by atoms with E-state index in [9.17, 15) is 13.2 Å². The third kappa shape index (κ3) is 8.94. The van der Waals surface area contributed by atoms with Crippen LogP contribution in [0.25, 0.3) is 0 Å². The zero-order valence-electron chi connectivity index (χ0n) is 15.9. The van der Waals surface area contributed by atoms with E-state index < -0.39 is 12.7 Å². The Balaban J connectivity index is 2.47. The molecule has 0 spiro atoms. The molecule has 26 heavy (non-hydrogen) atoms. The lowest BCUT2D eigenvalue weighted by atomic mass is 10.1. The SMILES string of the molecule is CCNC(=NCCN(C)CC(F)(F)F)NCCc1ccc(C)c(OC)c1. The van der Waals surface area contributed by atoms with E-state index in [2.05, 4.69) is 21.7 Å². The van der Waals surface area contributed by atoms with Crippen molar-refractivity contribution in [2.24, 2.45) is 4.99 Å². The van der Waals surface area contributed by atoms with Crippen LogP contribution in [0.2, 0.25) is 0 Å². The highest BCUT2D eigenvalue weighted by Crippen LogP contribution is 2.19. The number of rotatable bonds is 9. The number of hydrogen-bond donors (Lipinski definition) is 2. The zero-order valence-corrected chi connectivity index (χ0v) is 15.9. The summed E-state index contributed by atoms with van der Waals surface area (Å²) in [6.45, 7) is 4.89. The first-order chi connectivity index (χ1) is 12.2. The Morgan fingerprint density at radius 2 is 2.00 bits per heavy atom. The van der Waals surface area contributed by atoms with E-state index in [-0.39, 0.29) is 6.54 Å². The molecule has 0 atom stereocenters. The maximum Gasteiger partial charge on any atom is 0.401 e. The number of alkyl halides is 3. The summed E-state index contributed by atoms with van der Waals surface area (Å²) in [6, 6.07) is 6.08. The molecule has 0 fully saturated rings. The maximum absolute atomic E-state index is 12.3. The molecule has 0 amide bonds. The van der Waals surface area contributed by atoms with E-state index in [1.165, 1.54) is 11.9 Å². The monoisotopic (exact) mass is 374 g/mol. The summed E-state index contributed by atoms with van der Waals surface area (Å²) in [4.78, 5) is 5.54. The Morgan fingerprint density at radius 3 is 2.62 bits per heavy atom. The van der Waals surface area contributed by atoms with Crippen molar-refractivity contribution < 1.29 is 17.9 Å². The molecule has 1 aromatic rings. The molecule has 0 aliphatic heterocycles. The zero-order chi connectivity index (χ0) is 19.6. The van der Waals surface area contributed by atoms with Crippen LogP contribution in [0.4, 0.5) is 13.2 Å². The van der Waals surface area contributed by atoms with Gasteiger partial charge in [-0.2, -0.15) is 13.2 Å². The van der Waals surface area contributed by atoms with Gasteiger partial charge in [-0.1, -0.05) is 12.1 Å². The molecule has 0 saturated carbocycles. The number of likely N-dealkylation sites (N-methyl/N-ethyl adjacent to an activating group) is 1. The smallest absolute Gasteiger partial charge is 0.401 e. The van der Waals surface area contributed by atoms with Gasteiger partial charge in [0.1, 0.15) is 5.75 Å². The van der Waals surface area contributed by atoms with Crippen LogP contribution in [0, 0.1) is 6.92 Å². The number of halogens is 3. The van der Waals surface area contributed by atoms with Gasteiger partial charge in [0.05, 0.1) is 20.2 Å². The van der Waals surface area contributed by atoms with Gasteiger partial charge in [0.2, 0.25) is 0 Å². The molecule has 0 unspecified atom stereocenters. The summed E-state index contributed by atoms with van der Waals surface area (Å²) < 4.78 is 42.2. The van der Waals surface area contributed by atoms with Crippen LogP contribution in [-0.2, 0) is 6.42 Å². The topological polar surface area (TPSA) is 48.9 Å². The van der Waals surface area contributed by atoms with Gasteiger partial charge in [0, 0.05) is 19.6 Å². The molecular formula is C18H29F3N4O. The second kappa shape index (κ2) is 10.9. The van der Waals surface area contributed by atoms with Gasteiger partial charge in [-0.05, 0) is 44.5 Å². The van der Waals surface area contributed by atoms with Crippen LogP contribution in [-0.4, -0.2) is 63.9 Å². The van der Waals surface area contributed by atoms with Crippen LogP contribution < -0.4 is 15.4 Å². The molecule has 0 aliphatic rings. The maximum atomic E-state index is 12.3. The van der Waals surface area contributed by atoms with Gasteiger partial charge in [0.25, 0.3) is 0 Å². The molecule has 0 aliphatic carbocycles. The summed E-state index contributed by atoms with van der Waals surface area (Å²) in [7, 11) is 3.09. The third-order valence-electron chi connectivity index (χ3n) is 3.72. The van der Waals surface area contributed by atoms with Gasteiger partial charge < -0.3 is 15.4 Å². The molecule has 0 heterocycles. The van der Waals surface area contributed by atoms with Gasteiger partial charge in [-0.25, -0.2) is 0 Å². The number of aliphatic imine (C=N–C) groups is 1. The second-order valence-corrected chi connectivity index (χ2v) is 6.09. The molecule has 1 aromatic carbocycles. The van der Waals surface area contributed by atoms with Crippen molar-refractivity contribution in [2.45, 2.75) is 26.4 Å². The summed E-state index contributed by atoms with van der Waals surface area (Å²) in [6.07, 6.45) is -3.40. The second-order valence-electron chi connectivity index (χ2n) is 6.09. The lowest BCUT2D eigenvalue weighted by Gasteiger charge is -2.18. The van der Waals surface area contributed by atoms with Crippen molar-refractivity contribution >= 4 is 5.96 Å². The molecule has 0 aromatic heterocycles. The third-order valence-corrected chi connectivity index (χ3v) is 3.72. The average molecular weight is 374 g/mol. The van der Waals surface area contributed by atoms with Gasteiger partial charge >= 0.3 is 6.18 Å². The molecule has 1 rings (SSSR count). The minimum absolute atomic E-state index is 0.241. The quantitative estimate of drug-likeness (QED) is 0.515. The highest BCUT2D eigenvalue weighted by Gasteiger charge is 2.28. The standard InChI is InChI=1S/C18H29F3N4O/c1-5-22-17(24-10-11-25(3)13-18(19,20)21)23-9-8-15-7-6-14(2)16(12-15)26-4/h6-7,12H,5,8-11,13H2,1-4H3,(H2,22,23,24). The Hall–Kier alpha value is -1.96. The minimum Gasteiger partial charge on any atom is -0.496 e. The van der Waals surface area contributed by atoms with Crippen molar-refractivity contribution in [3.8, 4) is 5.75 Å². The first kappa shape index (κ1) is 22.1.